The summed E-state index contributed by atoms with van der Waals surface area (Å²) in [6, 6.07) is 18.8. The Balaban J connectivity index is 1.24. The molecular weight excluding hydrogens is 436 g/mol. The molecule has 7 nitrogen and oxygen atoms in total. The minimum absolute atomic E-state index is 0.0153. The first kappa shape index (κ1) is 21.5. The molecule has 7 heteroatoms. The van der Waals surface area contributed by atoms with Crippen LogP contribution in [0.15, 0.2) is 67.0 Å². The molecular formula is C28H28N6O. The molecule has 1 saturated heterocycles. The van der Waals surface area contributed by atoms with E-state index in [2.05, 4.69) is 51.4 Å². The fraction of sp³-hybridized carbons (Fsp3) is 0.286. The zero-order valence-electron chi connectivity index (χ0n) is 19.9. The van der Waals surface area contributed by atoms with Crippen molar-refractivity contribution in [1.82, 2.24) is 24.6 Å². The quantitative estimate of drug-likeness (QED) is 0.457. The van der Waals surface area contributed by atoms with Crippen LogP contribution in [0, 0.1) is 6.92 Å². The molecule has 0 bridgehead atoms. The van der Waals surface area contributed by atoms with Crippen LogP contribution in [-0.4, -0.2) is 56.7 Å². The van der Waals surface area contributed by atoms with Crippen molar-refractivity contribution in [3.05, 3.63) is 89.4 Å². The Bertz CT molecular complexity index is 1370. The van der Waals surface area contributed by atoms with Gasteiger partial charge in [0.2, 0.25) is 0 Å². The Morgan fingerprint density at radius 2 is 1.60 bits per heavy atom. The lowest BCUT2D eigenvalue weighted by atomic mass is 10.0. The molecule has 4 aromatic rings. The highest BCUT2D eigenvalue weighted by molar-refractivity contribution is 5.95. The maximum absolute atomic E-state index is 13.4. The molecule has 2 aliphatic rings. The number of benzene rings is 2. The summed E-state index contributed by atoms with van der Waals surface area (Å²) in [5.41, 5.74) is 7.20. The molecule has 1 aliphatic carbocycles. The number of piperazine rings is 1. The minimum atomic E-state index is 0.0153. The Labute approximate surface area is 205 Å². The summed E-state index contributed by atoms with van der Waals surface area (Å²) in [6.07, 6.45) is 6.67. The third-order valence-electron chi connectivity index (χ3n) is 7.13. The summed E-state index contributed by atoms with van der Waals surface area (Å²) in [4.78, 5) is 27.2. The molecule has 35 heavy (non-hydrogen) atoms. The lowest BCUT2D eigenvalue weighted by Gasteiger charge is -2.36. The first-order chi connectivity index (χ1) is 17.2. The minimum Gasteiger partial charge on any atom is -0.368 e. The van der Waals surface area contributed by atoms with Crippen molar-refractivity contribution >= 4 is 11.6 Å². The zero-order chi connectivity index (χ0) is 23.8. The Kier molecular flexibility index (Phi) is 5.52. The summed E-state index contributed by atoms with van der Waals surface area (Å²) in [5, 5.41) is 4.53. The number of carbonyl (C=O) groups is 1. The average Bonchev–Trinajstić information content (AvgIpc) is 3.20. The van der Waals surface area contributed by atoms with Crippen molar-refractivity contribution in [2.24, 2.45) is 0 Å². The summed E-state index contributed by atoms with van der Waals surface area (Å²) in [7, 11) is 0. The molecule has 0 atom stereocenters. The van der Waals surface area contributed by atoms with Gasteiger partial charge in [-0.3, -0.25) is 4.79 Å². The van der Waals surface area contributed by atoms with Crippen molar-refractivity contribution in [2.75, 3.05) is 31.1 Å². The van der Waals surface area contributed by atoms with E-state index in [0.29, 0.717) is 24.6 Å². The van der Waals surface area contributed by atoms with E-state index in [1.54, 1.807) is 10.9 Å². The molecule has 1 fully saturated rings. The number of aromatic nitrogens is 4. The van der Waals surface area contributed by atoms with Gasteiger partial charge >= 0.3 is 0 Å². The standard InChI is InChI=1S/C28H28N6O/c1-20-25(27(35)33-16-14-32(15-17-33)23-11-3-2-4-12-23)19-30-34(20)28-29-18-22-10-7-9-21-8-5-6-13-24(21)26(22)31-28/h2-6,8,11-13,18-19H,7,9-10,14-17H2,1H3. The van der Waals surface area contributed by atoms with Crippen LogP contribution in [0.5, 0.6) is 0 Å². The maximum Gasteiger partial charge on any atom is 0.257 e. The van der Waals surface area contributed by atoms with Gasteiger partial charge in [-0.05, 0) is 49.4 Å². The fourth-order valence-electron chi connectivity index (χ4n) is 5.15. The number of hydrogen-bond donors (Lipinski definition) is 0. The Morgan fingerprint density at radius 3 is 2.43 bits per heavy atom. The molecule has 0 radical (unpaired) electrons. The van der Waals surface area contributed by atoms with E-state index in [0.717, 1.165) is 49.3 Å². The molecule has 1 aliphatic heterocycles. The average molecular weight is 465 g/mol. The SMILES string of the molecule is Cc1c(C(=O)N2CCN(c3ccccc3)CC2)cnn1-c1ncc2c(n1)-c1ccccc1CCC2. The van der Waals surface area contributed by atoms with Crippen LogP contribution < -0.4 is 4.90 Å². The van der Waals surface area contributed by atoms with Gasteiger partial charge in [-0.2, -0.15) is 5.10 Å². The van der Waals surface area contributed by atoms with Gasteiger partial charge in [0.1, 0.15) is 0 Å². The second-order valence-electron chi connectivity index (χ2n) is 9.22. The largest absolute Gasteiger partial charge is 0.368 e. The molecule has 6 rings (SSSR count). The second kappa shape index (κ2) is 8.98. The molecule has 2 aromatic heterocycles. The van der Waals surface area contributed by atoms with Gasteiger partial charge in [0.15, 0.2) is 0 Å². The van der Waals surface area contributed by atoms with Crippen molar-refractivity contribution in [3.8, 4) is 17.2 Å². The number of para-hydroxylation sites is 1. The fourth-order valence-corrected chi connectivity index (χ4v) is 5.15. The van der Waals surface area contributed by atoms with Gasteiger partial charge in [0.25, 0.3) is 11.9 Å². The molecule has 1 amide bonds. The molecule has 3 heterocycles. The molecule has 0 spiro atoms. The summed E-state index contributed by atoms with van der Waals surface area (Å²) < 4.78 is 1.70. The highest BCUT2D eigenvalue weighted by atomic mass is 16.2. The van der Waals surface area contributed by atoms with E-state index >= 15 is 0 Å². The molecule has 0 unspecified atom stereocenters. The van der Waals surface area contributed by atoms with Gasteiger partial charge in [0.05, 0.1) is 23.1 Å². The predicted molar refractivity (Wildman–Crippen MR) is 136 cm³/mol. The Hall–Kier alpha value is -4.00. The first-order valence-electron chi connectivity index (χ1n) is 12.3. The number of fused-ring (bicyclic) bond motifs is 3. The maximum atomic E-state index is 13.4. The van der Waals surface area contributed by atoms with Crippen LogP contribution in [0.3, 0.4) is 0 Å². The van der Waals surface area contributed by atoms with E-state index in [9.17, 15) is 4.79 Å². The monoisotopic (exact) mass is 464 g/mol. The van der Waals surface area contributed by atoms with Crippen molar-refractivity contribution in [1.29, 1.82) is 0 Å². The van der Waals surface area contributed by atoms with Gasteiger partial charge in [-0.15, -0.1) is 0 Å². The number of rotatable bonds is 3. The van der Waals surface area contributed by atoms with Gasteiger partial charge < -0.3 is 9.80 Å². The van der Waals surface area contributed by atoms with E-state index in [-0.39, 0.29) is 5.91 Å². The van der Waals surface area contributed by atoms with E-state index in [1.165, 1.54) is 16.8 Å². The number of hydrogen-bond acceptors (Lipinski definition) is 5. The summed E-state index contributed by atoms with van der Waals surface area (Å²) in [6.45, 7) is 4.92. The number of carbonyl (C=O) groups excluding carboxylic acids is 1. The van der Waals surface area contributed by atoms with Gasteiger partial charge in [0, 0.05) is 43.6 Å². The van der Waals surface area contributed by atoms with E-state index in [1.807, 2.05) is 36.2 Å². The number of anilines is 1. The molecule has 0 saturated carbocycles. The molecule has 2 aromatic carbocycles. The second-order valence-corrected chi connectivity index (χ2v) is 9.22. The summed E-state index contributed by atoms with van der Waals surface area (Å²) >= 11 is 0. The number of nitrogens with zero attached hydrogens (tertiary/aromatic N) is 6. The zero-order valence-corrected chi connectivity index (χ0v) is 19.9. The van der Waals surface area contributed by atoms with Gasteiger partial charge in [-0.25, -0.2) is 14.6 Å². The lowest BCUT2D eigenvalue weighted by molar-refractivity contribution is 0.0746. The van der Waals surface area contributed by atoms with E-state index in [4.69, 9.17) is 4.98 Å². The van der Waals surface area contributed by atoms with Crippen LogP contribution in [-0.2, 0) is 12.8 Å². The van der Waals surface area contributed by atoms with Crippen LogP contribution in [0.25, 0.3) is 17.2 Å². The van der Waals surface area contributed by atoms with Crippen LogP contribution in [0.2, 0.25) is 0 Å². The van der Waals surface area contributed by atoms with Crippen molar-refractivity contribution in [3.63, 3.8) is 0 Å². The normalized spacial score (nSPS) is 15.3. The van der Waals surface area contributed by atoms with Crippen LogP contribution in [0.1, 0.15) is 33.6 Å². The number of amides is 1. The third-order valence-corrected chi connectivity index (χ3v) is 7.13. The van der Waals surface area contributed by atoms with Gasteiger partial charge in [-0.1, -0.05) is 42.5 Å². The van der Waals surface area contributed by atoms with Crippen LogP contribution in [0.4, 0.5) is 5.69 Å². The first-order valence-corrected chi connectivity index (χ1v) is 12.3. The molecule has 0 N–H and O–H groups in total. The highest BCUT2D eigenvalue weighted by Crippen LogP contribution is 2.31. The lowest BCUT2D eigenvalue weighted by Crippen LogP contribution is -2.48. The topological polar surface area (TPSA) is 67.2 Å². The molecule has 176 valence electrons. The predicted octanol–water partition coefficient (Wildman–Crippen LogP) is 4.09. The highest BCUT2D eigenvalue weighted by Gasteiger charge is 2.26. The van der Waals surface area contributed by atoms with E-state index < -0.39 is 0 Å². The third kappa shape index (κ3) is 3.97. The van der Waals surface area contributed by atoms with Crippen LogP contribution >= 0.6 is 0 Å². The van der Waals surface area contributed by atoms with Crippen molar-refractivity contribution in [2.45, 2.75) is 26.2 Å². The van der Waals surface area contributed by atoms with Crippen molar-refractivity contribution < 1.29 is 4.79 Å². The summed E-state index contributed by atoms with van der Waals surface area (Å²) in [5.74, 6) is 0.521. The number of aryl methyl sites for hydroxylation is 2. The smallest absolute Gasteiger partial charge is 0.257 e. The Morgan fingerprint density at radius 1 is 0.857 bits per heavy atom.